The highest BCUT2D eigenvalue weighted by Gasteiger charge is 2.06. The molecule has 4 nitrogen and oxygen atoms in total. The first-order valence-corrected chi connectivity index (χ1v) is 6.26. The van der Waals surface area contributed by atoms with E-state index in [2.05, 4.69) is 21.2 Å². The second kappa shape index (κ2) is 7.29. The van der Waals surface area contributed by atoms with Gasteiger partial charge in [0.25, 0.3) is 5.91 Å². The standard InChI is InChI=1S/C12H17BrN2O2/c1-17-5-3-2-4-15-12(16)9-6-10(13)8-11(14)7-9/h6-8H,2-5,14H2,1H3,(H,15,16). The molecule has 0 spiro atoms. The summed E-state index contributed by atoms with van der Waals surface area (Å²) < 4.78 is 5.74. The van der Waals surface area contributed by atoms with E-state index in [1.165, 1.54) is 0 Å². The van der Waals surface area contributed by atoms with Crippen LogP contribution in [-0.2, 0) is 4.74 Å². The van der Waals surface area contributed by atoms with Crippen LogP contribution < -0.4 is 11.1 Å². The monoisotopic (exact) mass is 300 g/mol. The molecule has 0 unspecified atom stereocenters. The van der Waals surface area contributed by atoms with Crippen molar-refractivity contribution in [2.75, 3.05) is 26.0 Å². The lowest BCUT2D eigenvalue weighted by Gasteiger charge is -2.06. The number of amides is 1. The van der Waals surface area contributed by atoms with Crippen LogP contribution in [-0.4, -0.2) is 26.2 Å². The van der Waals surface area contributed by atoms with E-state index in [4.69, 9.17) is 10.5 Å². The number of benzene rings is 1. The number of ether oxygens (including phenoxy) is 1. The van der Waals surface area contributed by atoms with E-state index in [-0.39, 0.29) is 5.91 Å². The lowest BCUT2D eigenvalue weighted by molar-refractivity contribution is 0.0951. The van der Waals surface area contributed by atoms with Crippen molar-refractivity contribution < 1.29 is 9.53 Å². The molecule has 0 bridgehead atoms. The van der Waals surface area contributed by atoms with Gasteiger partial charge in [0, 0.05) is 36.0 Å². The molecule has 94 valence electrons. The number of nitrogens with two attached hydrogens (primary N) is 1. The topological polar surface area (TPSA) is 64.3 Å². The number of nitrogen functional groups attached to an aromatic ring is 1. The molecular formula is C12H17BrN2O2. The third-order valence-corrected chi connectivity index (χ3v) is 2.70. The maximum absolute atomic E-state index is 11.8. The second-order valence-electron chi connectivity index (χ2n) is 3.73. The molecule has 1 amide bonds. The van der Waals surface area contributed by atoms with Gasteiger partial charge in [-0.1, -0.05) is 15.9 Å². The Hall–Kier alpha value is -1.07. The average molecular weight is 301 g/mol. The number of carbonyl (C=O) groups is 1. The number of anilines is 1. The summed E-state index contributed by atoms with van der Waals surface area (Å²) in [5, 5.41) is 2.84. The molecule has 0 radical (unpaired) electrons. The predicted molar refractivity (Wildman–Crippen MR) is 72.0 cm³/mol. The Kier molecular flexibility index (Phi) is 6.00. The largest absolute Gasteiger partial charge is 0.399 e. The molecule has 0 atom stereocenters. The fraction of sp³-hybridized carbons (Fsp3) is 0.417. The molecule has 1 rings (SSSR count). The first-order chi connectivity index (χ1) is 8.13. The van der Waals surface area contributed by atoms with Crippen molar-refractivity contribution in [2.24, 2.45) is 0 Å². The zero-order chi connectivity index (χ0) is 12.7. The number of carbonyl (C=O) groups excluding carboxylic acids is 1. The van der Waals surface area contributed by atoms with Gasteiger partial charge in [-0.2, -0.15) is 0 Å². The Morgan fingerprint density at radius 3 is 2.82 bits per heavy atom. The van der Waals surface area contributed by atoms with E-state index in [0.29, 0.717) is 17.8 Å². The Morgan fingerprint density at radius 1 is 1.41 bits per heavy atom. The summed E-state index contributed by atoms with van der Waals surface area (Å²) in [5.74, 6) is -0.101. The molecule has 1 aromatic rings. The molecule has 0 fully saturated rings. The van der Waals surface area contributed by atoms with Gasteiger partial charge in [0.15, 0.2) is 0 Å². The van der Waals surface area contributed by atoms with Gasteiger partial charge in [0.05, 0.1) is 0 Å². The molecule has 5 heteroatoms. The summed E-state index contributed by atoms with van der Waals surface area (Å²) in [4.78, 5) is 11.8. The van der Waals surface area contributed by atoms with Crippen LogP contribution in [0.1, 0.15) is 23.2 Å². The van der Waals surface area contributed by atoms with Crippen LogP contribution in [0.3, 0.4) is 0 Å². The number of hydrogen-bond donors (Lipinski definition) is 2. The Morgan fingerprint density at radius 2 is 2.18 bits per heavy atom. The van der Waals surface area contributed by atoms with Crippen LogP contribution in [0.15, 0.2) is 22.7 Å². The van der Waals surface area contributed by atoms with E-state index in [1.807, 2.05) is 0 Å². The molecule has 0 aromatic heterocycles. The van der Waals surface area contributed by atoms with Crippen molar-refractivity contribution in [3.8, 4) is 0 Å². The minimum absolute atomic E-state index is 0.101. The lowest BCUT2D eigenvalue weighted by Crippen LogP contribution is -2.24. The summed E-state index contributed by atoms with van der Waals surface area (Å²) in [6, 6.07) is 5.17. The van der Waals surface area contributed by atoms with Gasteiger partial charge < -0.3 is 15.8 Å². The minimum Gasteiger partial charge on any atom is -0.399 e. The van der Waals surface area contributed by atoms with E-state index < -0.39 is 0 Å². The number of nitrogens with one attached hydrogen (secondary N) is 1. The van der Waals surface area contributed by atoms with E-state index in [1.54, 1.807) is 25.3 Å². The average Bonchev–Trinajstić information content (AvgIpc) is 2.27. The van der Waals surface area contributed by atoms with Gasteiger partial charge in [0.1, 0.15) is 0 Å². The number of methoxy groups -OCH3 is 1. The van der Waals surface area contributed by atoms with Crippen molar-refractivity contribution in [1.82, 2.24) is 5.32 Å². The van der Waals surface area contributed by atoms with Gasteiger partial charge in [-0.25, -0.2) is 0 Å². The molecule has 1 aromatic carbocycles. The normalized spacial score (nSPS) is 10.2. The SMILES string of the molecule is COCCCCNC(=O)c1cc(N)cc(Br)c1. The van der Waals surface area contributed by atoms with Crippen molar-refractivity contribution in [3.63, 3.8) is 0 Å². The van der Waals surface area contributed by atoms with Crippen LogP contribution in [0.4, 0.5) is 5.69 Å². The summed E-state index contributed by atoms with van der Waals surface area (Å²) in [7, 11) is 1.67. The maximum Gasteiger partial charge on any atom is 0.251 e. The number of halogens is 1. The minimum atomic E-state index is -0.101. The first-order valence-electron chi connectivity index (χ1n) is 5.46. The van der Waals surface area contributed by atoms with Crippen molar-refractivity contribution in [3.05, 3.63) is 28.2 Å². The maximum atomic E-state index is 11.8. The quantitative estimate of drug-likeness (QED) is 0.625. The molecule has 3 N–H and O–H groups in total. The van der Waals surface area contributed by atoms with E-state index in [0.717, 1.165) is 23.9 Å². The molecule has 0 heterocycles. The zero-order valence-corrected chi connectivity index (χ0v) is 11.4. The molecule has 0 saturated carbocycles. The zero-order valence-electron chi connectivity index (χ0n) is 9.83. The lowest BCUT2D eigenvalue weighted by atomic mass is 10.2. The molecule has 0 saturated heterocycles. The van der Waals surface area contributed by atoms with Crippen LogP contribution >= 0.6 is 15.9 Å². The summed E-state index contributed by atoms with van der Waals surface area (Å²) >= 11 is 3.31. The molecule has 0 aliphatic heterocycles. The highest BCUT2D eigenvalue weighted by Crippen LogP contribution is 2.17. The van der Waals surface area contributed by atoms with Crippen LogP contribution in [0.5, 0.6) is 0 Å². The van der Waals surface area contributed by atoms with Crippen LogP contribution in [0.2, 0.25) is 0 Å². The second-order valence-corrected chi connectivity index (χ2v) is 4.64. The van der Waals surface area contributed by atoms with Gasteiger partial charge in [0.2, 0.25) is 0 Å². The molecule has 17 heavy (non-hydrogen) atoms. The smallest absolute Gasteiger partial charge is 0.251 e. The third kappa shape index (κ3) is 5.19. The van der Waals surface area contributed by atoms with Crippen molar-refractivity contribution >= 4 is 27.5 Å². The van der Waals surface area contributed by atoms with Crippen molar-refractivity contribution in [2.45, 2.75) is 12.8 Å². The summed E-state index contributed by atoms with van der Waals surface area (Å²) in [6.45, 7) is 1.37. The Balaban J connectivity index is 2.41. The van der Waals surface area contributed by atoms with Crippen LogP contribution in [0, 0.1) is 0 Å². The van der Waals surface area contributed by atoms with E-state index >= 15 is 0 Å². The third-order valence-electron chi connectivity index (χ3n) is 2.24. The van der Waals surface area contributed by atoms with E-state index in [9.17, 15) is 4.79 Å². The van der Waals surface area contributed by atoms with Crippen molar-refractivity contribution in [1.29, 1.82) is 0 Å². The van der Waals surface area contributed by atoms with Gasteiger partial charge in [-0.3, -0.25) is 4.79 Å². The van der Waals surface area contributed by atoms with Gasteiger partial charge in [-0.05, 0) is 31.0 Å². The Bertz CT molecular complexity index is 363. The molecule has 0 aliphatic rings. The summed E-state index contributed by atoms with van der Waals surface area (Å²) in [6.07, 6.45) is 1.85. The summed E-state index contributed by atoms with van der Waals surface area (Å²) in [5.41, 5.74) is 6.81. The number of hydrogen-bond acceptors (Lipinski definition) is 3. The van der Waals surface area contributed by atoms with Gasteiger partial charge >= 0.3 is 0 Å². The predicted octanol–water partition coefficient (Wildman–Crippen LogP) is 2.19. The fourth-order valence-electron chi connectivity index (χ4n) is 1.42. The molecule has 0 aliphatic carbocycles. The number of unbranched alkanes of at least 4 members (excludes halogenated alkanes) is 1. The van der Waals surface area contributed by atoms with Crippen LogP contribution in [0.25, 0.3) is 0 Å². The number of rotatable bonds is 6. The highest BCUT2D eigenvalue weighted by molar-refractivity contribution is 9.10. The Labute approximate surface area is 110 Å². The molecular weight excluding hydrogens is 284 g/mol. The fourth-order valence-corrected chi connectivity index (χ4v) is 1.93. The highest BCUT2D eigenvalue weighted by atomic mass is 79.9. The first kappa shape index (κ1) is 14.0. The van der Waals surface area contributed by atoms with Gasteiger partial charge in [-0.15, -0.1) is 0 Å².